The van der Waals surface area contributed by atoms with Crippen LogP contribution in [0.15, 0.2) is 0 Å². The lowest BCUT2D eigenvalue weighted by atomic mass is 10.0. The van der Waals surface area contributed by atoms with Gasteiger partial charge in [0.05, 0.1) is 0 Å². The van der Waals surface area contributed by atoms with Crippen molar-refractivity contribution in [3.05, 3.63) is 0 Å². The van der Waals surface area contributed by atoms with E-state index in [0.29, 0.717) is 0 Å². The molecule has 1 heterocycles. The van der Waals surface area contributed by atoms with Crippen molar-refractivity contribution in [3.8, 4) is 0 Å². The van der Waals surface area contributed by atoms with Gasteiger partial charge in [0.1, 0.15) is 0 Å². The molecule has 0 aromatic carbocycles. The van der Waals surface area contributed by atoms with E-state index in [2.05, 4.69) is 32.7 Å². The van der Waals surface area contributed by atoms with E-state index in [9.17, 15) is 0 Å². The summed E-state index contributed by atoms with van der Waals surface area (Å²) in [4.78, 5) is 5.44. The summed E-state index contributed by atoms with van der Waals surface area (Å²) in [6.07, 6.45) is 8.53. The highest BCUT2D eigenvalue weighted by Crippen LogP contribution is 2.24. The van der Waals surface area contributed by atoms with Crippen molar-refractivity contribution in [2.45, 2.75) is 51.5 Å². The lowest BCUT2D eigenvalue weighted by molar-refractivity contribution is 0.0888. The minimum absolute atomic E-state index is 0.855. The molecule has 2 nitrogen and oxygen atoms in total. The highest BCUT2D eigenvalue weighted by atomic mass is 79.9. The summed E-state index contributed by atoms with van der Waals surface area (Å²) in [5.74, 6) is 0.855. The Balaban J connectivity index is 1.69. The van der Waals surface area contributed by atoms with Crippen LogP contribution in [-0.2, 0) is 0 Å². The second-order valence-corrected chi connectivity index (χ2v) is 6.73. The molecule has 2 rings (SSSR count). The van der Waals surface area contributed by atoms with Crippen LogP contribution in [-0.4, -0.2) is 53.9 Å². The molecule has 1 atom stereocenters. The molecule has 1 saturated carbocycles. The maximum absolute atomic E-state index is 3.67. The van der Waals surface area contributed by atoms with E-state index in [0.717, 1.165) is 12.0 Å². The molecule has 1 saturated heterocycles. The van der Waals surface area contributed by atoms with Crippen molar-refractivity contribution in [2.24, 2.45) is 5.92 Å². The average Bonchev–Trinajstić information content (AvgIpc) is 2.93. The van der Waals surface area contributed by atoms with Gasteiger partial charge in [-0.3, -0.25) is 4.90 Å². The van der Waals surface area contributed by atoms with Crippen LogP contribution in [0.2, 0.25) is 0 Å². The molecular formula is C15H29BrN2. The van der Waals surface area contributed by atoms with Gasteiger partial charge in [0, 0.05) is 44.1 Å². The van der Waals surface area contributed by atoms with Crippen LogP contribution in [0.25, 0.3) is 0 Å². The molecular weight excluding hydrogens is 288 g/mol. The van der Waals surface area contributed by atoms with E-state index in [-0.39, 0.29) is 0 Å². The van der Waals surface area contributed by atoms with Gasteiger partial charge in [-0.2, -0.15) is 0 Å². The predicted molar refractivity (Wildman–Crippen MR) is 82.5 cm³/mol. The van der Waals surface area contributed by atoms with Gasteiger partial charge in [-0.15, -0.1) is 0 Å². The quantitative estimate of drug-likeness (QED) is 0.693. The third-order valence-electron chi connectivity index (χ3n) is 4.68. The van der Waals surface area contributed by atoms with Gasteiger partial charge in [0.15, 0.2) is 0 Å². The summed E-state index contributed by atoms with van der Waals surface area (Å²) in [7, 11) is 0. The smallest absolute Gasteiger partial charge is 0.0113 e. The molecule has 1 aliphatic heterocycles. The Morgan fingerprint density at radius 2 is 1.78 bits per heavy atom. The van der Waals surface area contributed by atoms with Crippen molar-refractivity contribution in [2.75, 3.05) is 38.1 Å². The fourth-order valence-electron chi connectivity index (χ4n) is 3.57. The molecule has 106 valence electrons. The molecule has 0 N–H and O–H groups in total. The summed E-state index contributed by atoms with van der Waals surface area (Å²) >= 11 is 3.67. The summed E-state index contributed by atoms with van der Waals surface area (Å²) in [5.41, 5.74) is 0. The first kappa shape index (κ1) is 14.8. The maximum Gasteiger partial charge on any atom is 0.0113 e. The molecule has 0 radical (unpaired) electrons. The zero-order valence-corrected chi connectivity index (χ0v) is 13.5. The lowest BCUT2D eigenvalue weighted by Gasteiger charge is -2.39. The van der Waals surface area contributed by atoms with E-state index < -0.39 is 0 Å². The fraction of sp³-hybridized carbons (Fsp3) is 1.00. The summed E-state index contributed by atoms with van der Waals surface area (Å²) in [6.45, 7) is 8.82. The Morgan fingerprint density at radius 1 is 1.11 bits per heavy atom. The first-order valence-electron chi connectivity index (χ1n) is 7.85. The standard InChI is InChI=1S/C15H29BrN2/c1-2-5-14(12-16)13-17-8-10-18(11-9-17)15-6-3-4-7-15/h14-15H,2-13H2,1H3. The number of hydrogen-bond donors (Lipinski definition) is 0. The van der Waals surface area contributed by atoms with Gasteiger partial charge in [-0.1, -0.05) is 42.1 Å². The molecule has 0 aromatic rings. The number of piperazine rings is 1. The predicted octanol–water partition coefficient (Wildman–Crippen LogP) is 3.36. The number of halogens is 1. The van der Waals surface area contributed by atoms with Gasteiger partial charge >= 0.3 is 0 Å². The molecule has 0 spiro atoms. The normalized spacial score (nSPS) is 25.7. The van der Waals surface area contributed by atoms with Crippen molar-refractivity contribution >= 4 is 15.9 Å². The van der Waals surface area contributed by atoms with Crippen LogP contribution in [0.1, 0.15) is 45.4 Å². The molecule has 3 heteroatoms. The summed E-state index contributed by atoms with van der Waals surface area (Å²) < 4.78 is 0. The molecule has 0 aromatic heterocycles. The van der Waals surface area contributed by atoms with Crippen molar-refractivity contribution in [1.29, 1.82) is 0 Å². The molecule has 1 aliphatic carbocycles. The Bertz CT molecular complexity index is 221. The zero-order chi connectivity index (χ0) is 12.8. The van der Waals surface area contributed by atoms with Crippen LogP contribution in [0.4, 0.5) is 0 Å². The zero-order valence-electron chi connectivity index (χ0n) is 11.9. The highest BCUT2D eigenvalue weighted by molar-refractivity contribution is 9.09. The van der Waals surface area contributed by atoms with Gasteiger partial charge in [-0.05, 0) is 25.2 Å². The third-order valence-corrected chi connectivity index (χ3v) is 5.60. The molecule has 0 bridgehead atoms. The summed E-state index contributed by atoms with van der Waals surface area (Å²) in [5, 5.41) is 1.17. The van der Waals surface area contributed by atoms with Gasteiger partial charge in [0.2, 0.25) is 0 Å². The average molecular weight is 317 g/mol. The molecule has 1 unspecified atom stereocenters. The van der Waals surface area contributed by atoms with E-state index in [1.54, 1.807) is 0 Å². The molecule has 0 amide bonds. The van der Waals surface area contributed by atoms with E-state index in [4.69, 9.17) is 0 Å². The first-order chi connectivity index (χ1) is 8.83. The van der Waals surface area contributed by atoms with E-state index in [1.165, 1.54) is 76.6 Å². The van der Waals surface area contributed by atoms with E-state index >= 15 is 0 Å². The Labute approximate surface area is 121 Å². The second-order valence-electron chi connectivity index (χ2n) is 6.08. The van der Waals surface area contributed by atoms with Crippen molar-refractivity contribution in [3.63, 3.8) is 0 Å². The number of hydrogen-bond acceptors (Lipinski definition) is 2. The van der Waals surface area contributed by atoms with Gasteiger partial charge in [0.25, 0.3) is 0 Å². The number of nitrogens with zero attached hydrogens (tertiary/aromatic N) is 2. The largest absolute Gasteiger partial charge is 0.300 e. The number of rotatable bonds is 6. The Kier molecular flexibility index (Phi) is 6.46. The van der Waals surface area contributed by atoms with Crippen LogP contribution >= 0.6 is 15.9 Å². The van der Waals surface area contributed by atoms with Gasteiger partial charge in [-0.25, -0.2) is 0 Å². The molecule has 2 aliphatic rings. The van der Waals surface area contributed by atoms with Crippen LogP contribution in [0.5, 0.6) is 0 Å². The van der Waals surface area contributed by atoms with E-state index in [1.807, 2.05) is 0 Å². The Morgan fingerprint density at radius 3 is 2.33 bits per heavy atom. The van der Waals surface area contributed by atoms with Crippen LogP contribution in [0, 0.1) is 5.92 Å². The first-order valence-corrected chi connectivity index (χ1v) is 8.98. The topological polar surface area (TPSA) is 6.48 Å². The minimum Gasteiger partial charge on any atom is -0.300 e. The maximum atomic E-state index is 3.67. The van der Waals surface area contributed by atoms with Crippen molar-refractivity contribution in [1.82, 2.24) is 9.80 Å². The monoisotopic (exact) mass is 316 g/mol. The van der Waals surface area contributed by atoms with Gasteiger partial charge < -0.3 is 4.90 Å². The minimum atomic E-state index is 0.855. The fourth-order valence-corrected chi connectivity index (χ4v) is 4.10. The third kappa shape index (κ3) is 4.21. The number of alkyl halides is 1. The molecule has 18 heavy (non-hydrogen) atoms. The van der Waals surface area contributed by atoms with Crippen molar-refractivity contribution < 1.29 is 0 Å². The highest BCUT2D eigenvalue weighted by Gasteiger charge is 2.26. The Hall–Kier alpha value is 0.400. The second kappa shape index (κ2) is 7.86. The van der Waals surface area contributed by atoms with Crippen LogP contribution in [0.3, 0.4) is 0 Å². The van der Waals surface area contributed by atoms with Crippen LogP contribution < -0.4 is 0 Å². The molecule has 2 fully saturated rings. The SMILES string of the molecule is CCCC(CBr)CN1CCN(C2CCCC2)CC1. The summed E-state index contributed by atoms with van der Waals surface area (Å²) in [6, 6.07) is 0.926. The lowest BCUT2D eigenvalue weighted by Crippen LogP contribution is -2.50.